The minimum Gasteiger partial charge on any atom is -0.468 e. The van der Waals surface area contributed by atoms with Crippen LogP contribution < -0.4 is 0 Å². The molecule has 1 unspecified atom stereocenters. The number of esters is 1. The molecule has 0 aliphatic carbocycles. The lowest BCUT2D eigenvalue weighted by Gasteiger charge is -2.19. The SMILES string of the molecule is COC(=O)CSCCCC(F)(F)C(F)C(F)F. The van der Waals surface area contributed by atoms with Gasteiger partial charge in [-0.2, -0.15) is 11.8 Å². The minimum absolute atomic E-state index is 0.00400. The van der Waals surface area contributed by atoms with Crippen LogP contribution in [0.15, 0.2) is 0 Å². The summed E-state index contributed by atoms with van der Waals surface area (Å²) in [4.78, 5) is 10.6. The lowest BCUT2D eigenvalue weighted by Crippen LogP contribution is -2.35. The summed E-state index contributed by atoms with van der Waals surface area (Å²) < 4.78 is 65.7. The Morgan fingerprint density at radius 2 is 1.94 bits per heavy atom. The molecule has 0 fully saturated rings. The number of alkyl halides is 5. The second kappa shape index (κ2) is 7.73. The standard InChI is InChI=1S/C9H13F5O2S/c1-16-6(15)5-17-4-2-3-9(13,14)7(10)8(11)12/h7-8H,2-5H2,1H3. The van der Waals surface area contributed by atoms with E-state index in [2.05, 4.69) is 4.74 Å². The van der Waals surface area contributed by atoms with Crippen molar-refractivity contribution in [3.63, 3.8) is 0 Å². The molecule has 0 N–H and O–H groups in total. The average Bonchev–Trinajstić information content (AvgIpc) is 2.26. The van der Waals surface area contributed by atoms with Crippen molar-refractivity contribution in [2.24, 2.45) is 0 Å². The first-order valence-corrected chi connectivity index (χ1v) is 5.91. The number of hydrogen-bond acceptors (Lipinski definition) is 3. The molecule has 0 saturated heterocycles. The number of thioether (sulfide) groups is 1. The van der Waals surface area contributed by atoms with Gasteiger partial charge in [-0.05, 0) is 12.2 Å². The van der Waals surface area contributed by atoms with Gasteiger partial charge in [0.25, 0.3) is 12.3 Å². The molecule has 1 atom stereocenters. The maximum absolute atomic E-state index is 12.8. The zero-order chi connectivity index (χ0) is 13.5. The van der Waals surface area contributed by atoms with Crippen molar-refractivity contribution in [3.05, 3.63) is 0 Å². The maximum Gasteiger partial charge on any atom is 0.315 e. The molecule has 0 radical (unpaired) electrons. The molecule has 0 rings (SSSR count). The summed E-state index contributed by atoms with van der Waals surface area (Å²) >= 11 is 1.03. The van der Waals surface area contributed by atoms with Gasteiger partial charge in [-0.15, -0.1) is 0 Å². The summed E-state index contributed by atoms with van der Waals surface area (Å²) in [7, 11) is 1.19. The molecule has 0 aromatic rings. The third-order valence-corrected chi connectivity index (χ3v) is 2.89. The lowest BCUT2D eigenvalue weighted by atomic mass is 10.1. The quantitative estimate of drug-likeness (QED) is 0.388. The fourth-order valence-electron chi connectivity index (χ4n) is 0.947. The molecule has 0 aromatic carbocycles. The molecule has 0 aromatic heterocycles. The fourth-order valence-corrected chi connectivity index (χ4v) is 1.72. The number of methoxy groups -OCH3 is 1. The number of ether oxygens (including phenoxy) is 1. The van der Waals surface area contributed by atoms with Gasteiger partial charge in [0.2, 0.25) is 6.17 Å². The van der Waals surface area contributed by atoms with Gasteiger partial charge in [0.05, 0.1) is 12.9 Å². The van der Waals surface area contributed by atoms with Crippen LogP contribution in [-0.4, -0.2) is 43.1 Å². The van der Waals surface area contributed by atoms with Gasteiger partial charge in [-0.25, -0.2) is 22.0 Å². The number of hydrogen-bond donors (Lipinski definition) is 0. The van der Waals surface area contributed by atoms with Crippen LogP contribution in [0.5, 0.6) is 0 Å². The van der Waals surface area contributed by atoms with Crippen molar-refractivity contribution in [1.29, 1.82) is 0 Å². The first-order chi connectivity index (χ1) is 7.81. The Labute approximate surface area is 99.9 Å². The van der Waals surface area contributed by atoms with Crippen LogP contribution in [0.3, 0.4) is 0 Å². The zero-order valence-electron chi connectivity index (χ0n) is 9.10. The first kappa shape index (κ1) is 16.5. The van der Waals surface area contributed by atoms with E-state index < -0.39 is 30.9 Å². The second-order valence-electron chi connectivity index (χ2n) is 3.23. The fraction of sp³-hybridized carbons (Fsp3) is 0.889. The molecule has 0 bridgehead atoms. The van der Waals surface area contributed by atoms with Crippen molar-refractivity contribution >= 4 is 17.7 Å². The molecule has 0 saturated carbocycles. The van der Waals surface area contributed by atoms with Crippen molar-refractivity contribution in [1.82, 2.24) is 0 Å². The van der Waals surface area contributed by atoms with Gasteiger partial charge < -0.3 is 4.74 Å². The highest BCUT2D eigenvalue weighted by Crippen LogP contribution is 2.31. The predicted octanol–water partition coefficient (Wildman–Crippen LogP) is 2.91. The van der Waals surface area contributed by atoms with Crippen LogP contribution in [0, 0.1) is 0 Å². The number of carbonyl (C=O) groups is 1. The molecule has 0 aliphatic rings. The molecule has 8 heteroatoms. The van der Waals surface area contributed by atoms with E-state index in [9.17, 15) is 26.7 Å². The lowest BCUT2D eigenvalue weighted by molar-refractivity contribution is -0.137. The summed E-state index contributed by atoms with van der Waals surface area (Å²) in [6, 6.07) is 0. The van der Waals surface area contributed by atoms with Crippen LogP contribution in [0.4, 0.5) is 22.0 Å². The van der Waals surface area contributed by atoms with Gasteiger partial charge in [0.1, 0.15) is 0 Å². The van der Waals surface area contributed by atoms with Gasteiger partial charge in [-0.1, -0.05) is 0 Å². The highest BCUT2D eigenvalue weighted by atomic mass is 32.2. The largest absolute Gasteiger partial charge is 0.468 e. The van der Waals surface area contributed by atoms with Crippen molar-refractivity contribution < 1.29 is 31.5 Å². The Balaban J connectivity index is 3.76. The molecule has 17 heavy (non-hydrogen) atoms. The highest BCUT2D eigenvalue weighted by Gasteiger charge is 2.45. The van der Waals surface area contributed by atoms with Gasteiger partial charge in [0.15, 0.2) is 0 Å². The zero-order valence-corrected chi connectivity index (χ0v) is 9.91. The van der Waals surface area contributed by atoms with Gasteiger partial charge >= 0.3 is 5.97 Å². The van der Waals surface area contributed by atoms with Crippen molar-refractivity contribution in [3.8, 4) is 0 Å². The van der Waals surface area contributed by atoms with Crippen LogP contribution >= 0.6 is 11.8 Å². The summed E-state index contributed by atoms with van der Waals surface area (Å²) in [5, 5.41) is 0. The maximum atomic E-state index is 12.8. The van der Waals surface area contributed by atoms with E-state index in [1.54, 1.807) is 0 Å². The molecule has 0 spiro atoms. The van der Waals surface area contributed by atoms with Gasteiger partial charge in [-0.3, -0.25) is 4.79 Å². The number of halogens is 5. The van der Waals surface area contributed by atoms with E-state index in [0.717, 1.165) is 11.8 Å². The summed E-state index contributed by atoms with van der Waals surface area (Å²) in [6.45, 7) is 0. The predicted molar refractivity (Wildman–Crippen MR) is 54.4 cm³/mol. The molecular formula is C9H13F5O2S. The van der Waals surface area contributed by atoms with E-state index >= 15 is 0 Å². The molecular weight excluding hydrogens is 267 g/mol. The normalized spacial score (nSPS) is 13.8. The van der Waals surface area contributed by atoms with Crippen LogP contribution in [0.25, 0.3) is 0 Å². The minimum atomic E-state index is -4.03. The molecule has 102 valence electrons. The number of rotatable bonds is 8. The molecule has 0 amide bonds. The van der Waals surface area contributed by atoms with E-state index in [1.807, 2.05) is 0 Å². The van der Waals surface area contributed by atoms with E-state index in [0.29, 0.717) is 0 Å². The Bertz CT molecular complexity index is 237. The molecule has 0 aliphatic heterocycles. The molecule has 2 nitrogen and oxygen atoms in total. The highest BCUT2D eigenvalue weighted by molar-refractivity contribution is 7.99. The van der Waals surface area contributed by atoms with Crippen LogP contribution in [0.2, 0.25) is 0 Å². The Morgan fingerprint density at radius 1 is 1.35 bits per heavy atom. The Kier molecular flexibility index (Phi) is 7.49. The summed E-state index contributed by atoms with van der Waals surface area (Å²) in [5.41, 5.74) is 0. The topological polar surface area (TPSA) is 26.3 Å². The Morgan fingerprint density at radius 3 is 2.41 bits per heavy atom. The molecule has 0 heterocycles. The van der Waals surface area contributed by atoms with E-state index in [1.165, 1.54) is 7.11 Å². The van der Waals surface area contributed by atoms with Crippen LogP contribution in [-0.2, 0) is 9.53 Å². The third-order valence-electron chi connectivity index (χ3n) is 1.87. The van der Waals surface area contributed by atoms with Crippen molar-refractivity contribution in [2.75, 3.05) is 18.6 Å². The van der Waals surface area contributed by atoms with Crippen molar-refractivity contribution in [2.45, 2.75) is 31.4 Å². The van der Waals surface area contributed by atoms with E-state index in [4.69, 9.17) is 0 Å². The summed E-state index contributed by atoms with van der Waals surface area (Å²) in [5.74, 6) is -4.38. The summed E-state index contributed by atoms with van der Waals surface area (Å²) in [6.07, 6.45) is -8.24. The van der Waals surface area contributed by atoms with Gasteiger partial charge in [0, 0.05) is 6.42 Å². The smallest absolute Gasteiger partial charge is 0.315 e. The number of carbonyl (C=O) groups excluding carboxylic acids is 1. The third kappa shape index (κ3) is 6.70. The monoisotopic (exact) mass is 280 g/mol. The Hall–Kier alpha value is -0.530. The average molecular weight is 280 g/mol. The van der Waals surface area contributed by atoms with Crippen LogP contribution in [0.1, 0.15) is 12.8 Å². The second-order valence-corrected chi connectivity index (χ2v) is 4.33. The first-order valence-electron chi connectivity index (χ1n) is 4.76. The van der Waals surface area contributed by atoms with E-state index in [-0.39, 0.29) is 17.9 Å².